The van der Waals surface area contributed by atoms with Gasteiger partial charge in [-0.3, -0.25) is 9.59 Å². The number of benzene rings is 1. The molecule has 2 amide bonds. The molecule has 0 N–H and O–H groups in total. The van der Waals surface area contributed by atoms with Crippen molar-refractivity contribution in [3.8, 4) is 0 Å². The predicted molar refractivity (Wildman–Crippen MR) is 75.2 cm³/mol. The third-order valence-corrected chi connectivity index (χ3v) is 3.16. The maximum atomic E-state index is 12.1. The second-order valence-corrected chi connectivity index (χ2v) is 5.05. The summed E-state index contributed by atoms with van der Waals surface area (Å²) in [5, 5.41) is 0.600. The van der Waals surface area contributed by atoms with Crippen LogP contribution in [0.5, 0.6) is 0 Å². The minimum absolute atomic E-state index is 0.430. The summed E-state index contributed by atoms with van der Waals surface area (Å²) in [5.74, 6) is -0.987. The number of hydrogen-bond donors (Lipinski definition) is 0. The third-order valence-electron chi connectivity index (χ3n) is 2.91. The van der Waals surface area contributed by atoms with Gasteiger partial charge in [-0.1, -0.05) is 23.8 Å². The van der Waals surface area contributed by atoms with Crippen molar-refractivity contribution in [3.63, 3.8) is 0 Å². The average Bonchev–Trinajstić information content (AvgIpc) is 2.36. The van der Waals surface area contributed by atoms with Gasteiger partial charge in [-0.15, -0.1) is 0 Å². The van der Waals surface area contributed by atoms with Gasteiger partial charge in [0.25, 0.3) is 0 Å². The summed E-state index contributed by atoms with van der Waals surface area (Å²) in [7, 11) is 0. The summed E-state index contributed by atoms with van der Waals surface area (Å²) in [6.07, 6.45) is 0. The largest absolute Gasteiger partial charge is 0.329 e. The monoisotopic (exact) mass is 278 g/mol. The molecule has 0 spiro atoms. The molecule has 19 heavy (non-hydrogen) atoms. The Morgan fingerprint density at radius 2 is 1.84 bits per heavy atom. The fraction of sp³-hybridized carbons (Fsp3) is 0.286. The number of carbonyl (C=O) groups is 2. The van der Waals surface area contributed by atoms with E-state index in [1.165, 1.54) is 9.80 Å². The van der Waals surface area contributed by atoms with E-state index in [1.54, 1.807) is 24.3 Å². The average molecular weight is 279 g/mol. The van der Waals surface area contributed by atoms with Crippen LogP contribution in [0.25, 0.3) is 0 Å². The van der Waals surface area contributed by atoms with Gasteiger partial charge in [0.05, 0.1) is 0 Å². The summed E-state index contributed by atoms with van der Waals surface area (Å²) < 4.78 is 0. The normalized spacial score (nSPS) is 15.9. The fourth-order valence-electron chi connectivity index (χ4n) is 2.02. The summed E-state index contributed by atoms with van der Waals surface area (Å²) in [6, 6.07) is 6.88. The smallest absolute Gasteiger partial charge is 0.316 e. The van der Waals surface area contributed by atoms with Gasteiger partial charge in [0, 0.05) is 30.3 Å². The van der Waals surface area contributed by atoms with Crippen molar-refractivity contribution < 1.29 is 9.59 Å². The van der Waals surface area contributed by atoms with Crippen molar-refractivity contribution in [2.24, 2.45) is 0 Å². The zero-order valence-corrected chi connectivity index (χ0v) is 11.5. The molecule has 0 radical (unpaired) electrons. The van der Waals surface area contributed by atoms with E-state index in [-0.39, 0.29) is 0 Å². The van der Waals surface area contributed by atoms with Crippen LogP contribution in [0.2, 0.25) is 5.02 Å². The number of anilines is 1. The third kappa shape index (κ3) is 2.96. The van der Waals surface area contributed by atoms with Crippen molar-refractivity contribution in [1.29, 1.82) is 0 Å². The molecule has 0 unspecified atom stereocenters. The van der Waals surface area contributed by atoms with E-state index < -0.39 is 11.8 Å². The minimum atomic E-state index is -0.505. The van der Waals surface area contributed by atoms with E-state index in [1.807, 2.05) is 6.92 Å². The number of piperazine rings is 1. The SMILES string of the molecule is C=C(C)CN1CCN(c2ccc(Cl)cc2)C(=O)C1=O. The maximum Gasteiger partial charge on any atom is 0.316 e. The first-order valence-corrected chi connectivity index (χ1v) is 6.37. The molecule has 1 aliphatic heterocycles. The molecule has 1 aliphatic rings. The van der Waals surface area contributed by atoms with E-state index in [4.69, 9.17) is 11.6 Å². The zero-order valence-electron chi connectivity index (χ0n) is 10.7. The van der Waals surface area contributed by atoms with Gasteiger partial charge in [-0.05, 0) is 31.2 Å². The summed E-state index contributed by atoms with van der Waals surface area (Å²) in [5.41, 5.74) is 1.55. The Kier molecular flexibility index (Phi) is 3.90. The van der Waals surface area contributed by atoms with E-state index in [2.05, 4.69) is 6.58 Å². The first kappa shape index (κ1) is 13.6. The Morgan fingerprint density at radius 3 is 2.42 bits per heavy atom. The van der Waals surface area contributed by atoms with Crippen LogP contribution in [-0.4, -0.2) is 36.3 Å². The molecule has 0 atom stereocenters. The van der Waals surface area contributed by atoms with Crippen molar-refractivity contribution in [2.45, 2.75) is 6.92 Å². The molecule has 0 bridgehead atoms. The van der Waals surface area contributed by atoms with E-state index in [9.17, 15) is 9.59 Å². The molecule has 0 saturated carbocycles. The van der Waals surface area contributed by atoms with Crippen LogP contribution in [0.4, 0.5) is 5.69 Å². The highest BCUT2D eigenvalue weighted by Crippen LogP contribution is 2.20. The Bertz CT molecular complexity index is 525. The van der Waals surface area contributed by atoms with E-state index >= 15 is 0 Å². The van der Waals surface area contributed by atoms with Crippen molar-refractivity contribution in [3.05, 3.63) is 41.4 Å². The minimum Gasteiger partial charge on any atom is -0.329 e. The van der Waals surface area contributed by atoms with Crippen molar-refractivity contribution in [1.82, 2.24) is 4.90 Å². The molecule has 0 aromatic heterocycles. The highest BCUT2D eigenvalue weighted by molar-refractivity contribution is 6.41. The van der Waals surface area contributed by atoms with Gasteiger partial charge in [-0.2, -0.15) is 0 Å². The lowest BCUT2D eigenvalue weighted by Crippen LogP contribution is -2.54. The molecular weight excluding hydrogens is 264 g/mol. The number of nitrogens with zero attached hydrogens (tertiary/aromatic N) is 2. The summed E-state index contributed by atoms with van der Waals surface area (Å²) in [6.45, 7) is 7.03. The predicted octanol–water partition coefficient (Wildman–Crippen LogP) is 2.09. The highest BCUT2D eigenvalue weighted by atomic mass is 35.5. The molecule has 100 valence electrons. The van der Waals surface area contributed by atoms with Crippen LogP contribution < -0.4 is 4.90 Å². The van der Waals surface area contributed by atoms with Gasteiger partial charge in [0.2, 0.25) is 0 Å². The number of amides is 2. The second kappa shape index (κ2) is 5.45. The number of carbonyl (C=O) groups excluding carboxylic acids is 2. The van der Waals surface area contributed by atoms with Crippen LogP contribution >= 0.6 is 11.6 Å². The quantitative estimate of drug-likeness (QED) is 0.627. The Balaban J connectivity index is 2.15. The first-order chi connectivity index (χ1) is 8.99. The molecule has 1 saturated heterocycles. The summed E-state index contributed by atoms with van der Waals surface area (Å²) >= 11 is 5.81. The van der Waals surface area contributed by atoms with Crippen LogP contribution in [0.3, 0.4) is 0 Å². The first-order valence-electron chi connectivity index (χ1n) is 6.00. The van der Waals surface area contributed by atoms with Crippen molar-refractivity contribution in [2.75, 3.05) is 24.5 Å². The molecule has 1 aromatic carbocycles. The number of rotatable bonds is 3. The van der Waals surface area contributed by atoms with Crippen LogP contribution in [-0.2, 0) is 9.59 Å². The Labute approximate surface area is 117 Å². The van der Waals surface area contributed by atoms with Gasteiger partial charge < -0.3 is 9.80 Å². The lowest BCUT2D eigenvalue weighted by molar-refractivity contribution is -0.145. The number of hydrogen-bond acceptors (Lipinski definition) is 2. The Morgan fingerprint density at radius 1 is 1.21 bits per heavy atom. The Hall–Kier alpha value is -1.81. The highest BCUT2D eigenvalue weighted by Gasteiger charge is 2.32. The zero-order chi connectivity index (χ0) is 14.0. The summed E-state index contributed by atoms with van der Waals surface area (Å²) in [4.78, 5) is 27.1. The van der Waals surface area contributed by atoms with E-state index in [0.717, 1.165) is 5.57 Å². The molecule has 4 nitrogen and oxygen atoms in total. The standard InChI is InChI=1S/C14H15ClN2O2/c1-10(2)9-16-7-8-17(14(19)13(16)18)12-5-3-11(15)4-6-12/h3-6H,1,7-9H2,2H3. The molecule has 5 heteroatoms. The second-order valence-electron chi connectivity index (χ2n) is 4.62. The molecule has 1 fully saturated rings. The molecule has 2 rings (SSSR count). The maximum absolute atomic E-state index is 12.1. The topological polar surface area (TPSA) is 40.6 Å². The lowest BCUT2D eigenvalue weighted by atomic mass is 10.2. The van der Waals surface area contributed by atoms with Crippen molar-refractivity contribution >= 4 is 29.1 Å². The van der Waals surface area contributed by atoms with E-state index in [0.29, 0.717) is 30.3 Å². The molecule has 1 aromatic rings. The van der Waals surface area contributed by atoms with Gasteiger partial charge >= 0.3 is 11.8 Å². The molecule has 0 aliphatic carbocycles. The van der Waals surface area contributed by atoms with Gasteiger partial charge in [-0.25, -0.2) is 0 Å². The van der Waals surface area contributed by atoms with Gasteiger partial charge in [0.15, 0.2) is 0 Å². The molecular formula is C14H15ClN2O2. The number of halogens is 1. The van der Waals surface area contributed by atoms with Crippen LogP contribution in [0.15, 0.2) is 36.4 Å². The van der Waals surface area contributed by atoms with Crippen LogP contribution in [0, 0.1) is 0 Å². The lowest BCUT2D eigenvalue weighted by Gasteiger charge is -2.33. The fourth-order valence-corrected chi connectivity index (χ4v) is 2.14. The van der Waals surface area contributed by atoms with Crippen LogP contribution in [0.1, 0.15) is 6.92 Å². The van der Waals surface area contributed by atoms with Gasteiger partial charge in [0.1, 0.15) is 0 Å². The molecule has 1 heterocycles.